The van der Waals surface area contributed by atoms with Crippen LogP contribution in [0.5, 0.6) is 0 Å². The Hall–Kier alpha value is -1.17. The van der Waals surface area contributed by atoms with Crippen LogP contribution in [0.1, 0.15) is 38.5 Å². The van der Waals surface area contributed by atoms with Crippen LogP contribution in [0.3, 0.4) is 0 Å². The second-order valence-electron chi connectivity index (χ2n) is 6.60. The molecule has 1 aromatic heterocycles. The van der Waals surface area contributed by atoms with Crippen LogP contribution in [0.2, 0.25) is 0 Å². The number of nitrogen functional groups attached to an aromatic ring is 1. The lowest BCUT2D eigenvalue weighted by molar-refractivity contribution is -0.140. The summed E-state index contributed by atoms with van der Waals surface area (Å²) >= 11 is 1.24. The molecule has 6 heteroatoms. The number of amides is 1. The van der Waals surface area contributed by atoms with Gasteiger partial charge in [-0.2, -0.15) is 0 Å². The van der Waals surface area contributed by atoms with Crippen molar-refractivity contribution in [3.8, 4) is 0 Å². The maximum absolute atomic E-state index is 12.7. The molecule has 19 heavy (non-hydrogen) atoms. The summed E-state index contributed by atoms with van der Waals surface area (Å²) in [4.78, 5) is 12.7. The number of carbonyl (C=O) groups is 1. The van der Waals surface area contributed by atoms with Crippen molar-refractivity contribution in [3.63, 3.8) is 0 Å². The average molecular weight is 278 g/mol. The van der Waals surface area contributed by atoms with Crippen molar-refractivity contribution < 1.29 is 4.79 Å². The van der Waals surface area contributed by atoms with Crippen LogP contribution in [0, 0.1) is 23.2 Å². The first-order chi connectivity index (χ1) is 9.13. The highest BCUT2D eigenvalue weighted by Gasteiger charge is 2.54. The Kier molecular flexibility index (Phi) is 2.40. The zero-order valence-corrected chi connectivity index (χ0v) is 11.6. The molecule has 1 aromatic rings. The minimum Gasteiger partial charge on any atom is -0.374 e. The molecule has 0 aliphatic heterocycles. The Bertz CT molecular complexity index is 491. The van der Waals surface area contributed by atoms with Gasteiger partial charge >= 0.3 is 0 Å². The predicted octanol–water partition coefficient (Wildman–Crippen LogP) is 2.28. The van der Waals surface area contributed by atoms with Crippen molar-refractivity contribution in [2.45, 2.75) is 38.5 Å². The summed E-state index contributed by atoms with van der Waals surface area (Å²) in [5.74, 6) is 2.48. The lowest BCUT2D eigenvalue weighted by Gasteiger charge is -2.55. The number of hydrogen-bond donors (Lipinski definition) is 2. The van der Waals surface area contributed by atoms with E-state index in [0.29, 0.717) is 10.3 Å². The van der Waals surface area contributed by atoms with E-state index in [-0.39, 0.29) is 11.3 Å². The number of hydrogen-bond acceptors (Lipinski definition) is 5. The number of aromatic nitrogens is 2. The highest BCUT2D eigenvalue weighted by Crippen LogP contribution is 2.60. The molecule has 4 fully saturated rings. The first-order valence-electron chi connectivity index (χ1n) is 7.03. The molecule has 5 nitrogen and oxygen atoms in total. The van der Waals surface area contributed by atoms with Crippen molar-refractivity contribution >= 4 is 27.5 Å². The molecule has 1 amide bonds. The molecule has 0 atom stereocenters. The van der Waals surface area contributed by atoms with E-state index in [2.05, 4.69) is 15.5 Å². The third-order valence-electron chi connectivity index (χ3n) is 5.18. The number of anilines is 2. The van der Waals surface area contributed by atoms with Crippen molar-refractivity contribution in [1.82, 2.24) is 10.2 Å². The summed E-state index contributed by atoms with van der Waals surface area (Å²) in [6.45, 7) is 0. The molecular weight excluding hydrogens is 260 g/mol. The van der Waals surface area contributed by atoms with Gasteiger partial charge in [0.25, 0.3) is 0 Å². The van der Waals surface area contributed by atoms with Gasteiger partial charge in [-0.15, -0.1) is 10.2 Å². The number of carbonyl (C=O) groups excluding carboxylic acids is 1. The molecule has 3 N–H and O–H groups in total. The van der Waals surface area contributed by atoms with Gasteiger partial charge in [0, 0.05) is 0 Å². The van der Waals surface area contributed by atoms with Crippen LogP contribution in [0.4, 0.5) is 10.3 Å². The Labute approximate surface area is 116 Å². The van der Waals surface area contributed by atoms with Crippen LogP contribution in [-0.4, -0.2) is 16.1 Å². The Morgan fingerprint density at radius 1 is 1.16 bits per heavy atom. The van der Waals surface area contributed by atoms with Crippen LogP contribution in [-0.2, 0) is 4.79 Å². The van der Waals surface area contributed by atoms with Gasteiger partial charge in [0.1, 0.15) is 0 Å². The molecule has 4 bridgehead atoms. The molecule has 0 aromatic carbocycles. The maximum atomic E-state index is 12.7. The van der Waals surface area contributed by atoms with E-state index >= 15 is 0 Å². The van der Waals surface area contributed by atoms with E-state index in [0.717, 1.165) is 37.0 Å². The average Bonchev–Trinajstić information content (AvgIpc) is 2.73. The molecule has 4 aliphatic carbocycles. The molecule has 102 valence electrons. The molecule has 0 saturated heterocycles. The summed E-state index contributed by atoms with van der Waals surface area (Å²) in [5, 5.41) is 11.5. The fourth-order valence-electron chi connectivity index (χ4n) is 4.90. The summed E-state index contributed by atoms with van der Waals surface area (Å²) in [7, 11) is 0. The fourth-order valence-corrected chi connectivity index (χ4v) is 5.41. The van der Waals surface area contributed by atoms with E-state index in [9.17, 15) is 4.79 Å². The zero-order valence-electron chi connectivity index (χ0n) is 10.8. The predicted molar refractivity (Wildman–Crippen MR) is 73.6 cm³/mol. The number of rotatable bonds is 2. The quantitative estimate of drug-likeness (QED) is 0.869. The van der Waals surface area contributed by atoms with E-state index in [1.54, 1.807) is 0 Å². The minimum atomic E-state index is -0.130. The molecule has 5 rings (SSSR count). The molecule has 4 saturated carbocycles. The van der Waals surface area contributed by atoms with E-state index in [4.69, 9.17) is 5.73 Å². The minimum absolute atomic E-state index is 0.130. The molecule has 0 radical (unpaired) electrons. The third-order valence-corrected chi connectivity index (χ3v) is 5.85. The number of nitrogens with one attached hydrogen (secondary N) is 1. The maximum Gasteiger partial charge on any atom is 0.232 e. The molecule has 0 spiro atoms. The molecule has 1 heterocycles. The summed E-state index contributed by atoms with van der Waals surface area (Å²) < 4.78 is 0. The normalized spacial score (nSPS) is 39.5. The summed E-state index contributed by atoms with van der Waals surface area (Å²) in [6, 6.07) is 0. The van der Waals surface area contributed by atoms with Gasteiger partial charge in [-0.1, -0.05) is 11.3 Å². The standard InChI is InChI=1S/C13H18N4OS/c14-11-16-17-12(19-11)15-10(18)13-4-7-1-8(5-13)3-9(2-7)6-13/h7-9H,1-6H2,(H2,14,16)(H,15,17,18). The fraction of sp³-hybridized carbons (Fsp3) is 0.769. The largest absolute Gasteiger partial charge is 0.374 e. The van der Waals surface area contributed by atoms with Gasteiger partial charge in [-0.05, 0) is 56.3 Å². The first kappa shape index (κ1) is 11.6. The van der Waals surface area contributed by atoms with Gasteiger partial charge in [0.15, 0.2) is 0 Å². The SMILES string of the molecule is Nc1nnc(NC(=O)C23CC4CC(CC(C4)C2)C3)s1. The Morgan fingerprint density at radius 3 is 2.21 bits per heavy atom. The van der Waals surface area contributed by atoms with Crippen molar-refractivity contribution in [1.29, 1.82) is 0 Å². The Balaban J connectivity index is 1.56. The van der Waals surface area contributed by atoms with E-state index in [1.165, 1.54) is 30.6 Å². The number of nitrogens with two attached hydrogens (primary N) is 1. The van der Waals surface area contributed by atoms with Gasteiger partial charge in [0.05, 0.1) is 5.41 Å². The first-order valence-corrected chi connectivity index (χ1v) is 7.85. The topological polar surface area (TPSA) is 80.9 Å². The van der Waals surface area contributed by atoms with Crippen molar-refractivity contribution in [3.05, 3.63) is 0 Å². The summed E-state index contributed by atoms with van der Waals surface area (Å²) in [5.41, 5.74) is 5.42. The Morgan fingerprint density at radius 2 is 1.74 bits per heavy atom. The summed E-state index contributed by atoms with van der Waals surface area (Å²) in [6.07, 6.45) is 7.24. The lowest BCUT2D eigenvalue weighted by atomic mass is 9.49. The molecule has 4 aliphatic rings. The van der Waals surface area contributed by atoms with Crippen LogP contribution in [0.15, 0.2) is 0 Å². The highest BCUT2D eigenvalue weighted by atomic mass is 32.1. The molecular formula is C13H18N4OS. The lowest BCUT2D eigenvalue weighted by Crippen LogP contribution is -2.51. The van der Waals surface area contributed by atoms with Crippen LogP contribution >= 0.6 is 11.3 Å². The van der Waals surface area contributed by atoms with Gasteiger partial charge < -0.3 is 5.73 Å². The molecule has 0 unspecified atom stereocenters. The zero-order chi connectivity index (χ0) is 13.0. The van der Waals surface area contributed by atoms with E-state index in [1.807, 2.05) is 0 Å². The van der Waals surface area contributed by atoms with E-state index < -0.39 is 0 Å². The second-order valence-corrected chi connectivity index (χ2v) is 7.61. The van der Waals surface area contributed by atoms with Crippen molar-refractivity contribution in [2.75, 3.05) is 11.1 Å². The van der Waals surface area contributed by atoms with Gasteiger partial charge in [-0.25, -0.2) is 0 Å². The van der Waals surface area contributed by atoms with Crippen LogP contribution < -0.4 is 11.1 Å². The van der Waals surface area contributed by atoms with Gasteiger partial charge in [-0.3, -0.25) is 10.1 Å². The van der Waals surface area contributed by atoms with Gasteiger partial charge in [0.2, 0.25) is 16.2 Å². The second kappa shape index (κ2) is 3.91. The monoisotopic (exact) mass is 278 g/mol. The smallest absolute Gasteiger partial charge is 0.232 e. The third kappa shape index (κ3) is 1.84. The highest BCUT2D eigenvalue weighted by molar-refractivity contribution is 7.18. The van der Waals surface area contributed by atoms with Crippen LogP contribution in [0.25, 0.3) is 0 Å². The van der Waals surface area contributed by atoms with Crippen molar-refractivity contribution in [2.24, 2.45) is 23.2 Å². The number of nitrogens with zero attached hydrogens (tertiary/aromatic N) is 2.